The number of fused-ring (bicyclic) bond motifs is 3. The van der Waals surface area contributed by atoms with Crippen LogP contribution in [0, 0.1) is 13.8 Å². The SMILES string of the molecule is Cc1ccc(-c2ccc(-c3c4ccccc4c(-c4cccc(-c5c[nH]c(C)c5)c4)c4ccccc34)c3ccccc23)cc1. The number of hydrogen-bond acceptors (Lipinski definition) is 0. The zero-order valence-corrected chi connectivity index (χ0v) is 24.4. The number of H-pyrrole nitrogens is 1. The van der Waals surface area contributed by atoms with E-state index in [1.165, 1.54) is 88.1 Å². The first-order valence-electron chi connectivity index (χ1n) is 14.9. The van der Waals surface area contributed by atoms with E-state index in [2.05, 4.69) is 165 Å². The molecule has 0 aliphatic rings. The number of rotatable bonds is 4. The van der Waals surface area contributed by atoms with Gasteiger partial charge in [-0.25, -0.2) is 0 Å². The topological polar surface area (TPSA) is 15.8 Å². The Bertz CT molecular complexity index is 2240. The highest BCUT2D eigenvalue weighted by Gasteiger charge is 2.19. The Morgan fingerprint density at radius 2 is 0.907 bits per heavy atom. The fourth-order valence-electron chi connectivity index (χ4n) is 6.76. The monoisotopic (exact) mass is 549 g/mol. The van der Waals surface area contributed by atoms with Crippen molar-refractivity contribution in [2.45, 2.75) is 13.8 Å². The van der Waals surface area contributed by atoms with Crippen molar-refractivity contribution >= 4 is 32.3 Å². The molecule has 0 aliphatic heterocycles. The normalized spacial score (nSPS) is 11.5. The Morgan fingerprint density at radius 3 is 1.51 bits per heavy atom. The lowest BCUT2D eigenvalue weighted by Gasteiger charge is -2.20. The van der Waals surface area contributed by atoms with Gasteiger partial charge in [0.25, 0.3) is 0 Å². The van der Waals surface area contributed by atoms with Crippen molar-refractivity contribution in [2.75, 3.05) is 0 Å². The Balaban J connectivity index is 1.43. The predicted octanol–water partition coefficient (Wildman–Crippen LogP) is 11.8. The van der Waals surface area contributed by atoms with E-state index in [4.69, 9.17) is 0 Å². The van der Waals surface area contributed by atoms with Crippen LogP contribution in [0.3, 0.4) is 0 Å². The van der Waals surface area contributed by atoms with Gasteiger partial charge in [0.2, 0.25) is 0 Å². The number of aromatic nitrogens is 1. The third-order valence-corrected chi connectivity index (χ3v) is 8.80. The molecule has 0 aliphatic carbocycles. The molecule has 0 amide bonds. The molecule has 8 aromatic rings. The molecule has 1 heterocycles. The van der Waals surface area contributed by atoms with E-state index in [-0.39, 0.29) is 0 Å². The number of aromatic amines is 1. The van der Waals surface area contributed by atoms with Crippen LogP contribution < -0.4 is 0 Å². The molecule has 0 unspecified atom stereocenters. The average Bonchev–Trinajstić information content (AvgIpc) is 3.50. The number of aryl methyl sites for hydroxylation is 2. The van der Waals surface area contributed by atoms with Gasteiger partial charge in [-0.2, -0.15) is 0 Å². The van der Waals surface area contributed by atoms with Gasteiger partial charge in [0.05, 0.1) is 0 Å². The fraction of sp³-hybridized carbons (Fsp3) is 0.0476. The molecule has 1 nitrogen and oxygen atoms in total. The first kappa shape index (κ1) is 25.3. The molecule has 7 aromatic carbocycles. The molecule has 0 bridgehead atoms. The highest BCUT2D eigenvalue weighted by molar-refractivity contribution is 6.24. The lowest BCUT2D eigenvalue weighted by Crippen LogP contribution is -1.92. The van der Waals surface area contributed by atoms with E-state index in [1.807, 2.05) is 0 Å². The number of benzene rings is 7. The molecule has 0 radical (unpaired) electrons. The first-order valence-corrected chi connectivity index (χ1v) is 14.9. The van der Waals surface area contributed by atoms with Crippen LogP contribution in [-0.4, -0.2) is 4.98 Å². The summed E-state index contributed by atoms with van der Waals surface area (Å²) in [5.74, 6) is 0. The molecule has 1 heteroatoms. The Morgan fingerprint density at radius 1 is 0.372 bits per heavy atom. The van der Waals surface area contributed by atoms with E-state index in [1.54, 1.807) is 0 Å². The van der Waals surface area contributed by atoms with E-state index in [0.29, 0.717) is 0 Å². The summed E-state index contributed by atoms with van der Waals surface area (Å²) in [7, 11) is 0. The van der Waals surface area contributed by atoms with Crippen LogP contribution in [0.25, 0.3) is 76.8 Å². The minimum atomic E-state index is 1.17. The molecule has 0 spiro atoms. The zero-order valence-electron chi connectivity index (χ0n) is 24.4. The molecule has 0 fully saturated rings. The van der Waals surface area contributed by atoms with Crippen molar-refractivity contribution in [3.63, 3.8) is 0 Å². The summed E-state index contributed by atoms with van der Waals surface area (Å²) in [4.78, 5) is 3.34. The van der Waals surface area contributed by atoms with Crippen LogP contribution in [-0.2, 0) is 0 Å². The van der Waals surface area contributed by atoms with Crippen molar-refractivity contribution in [3.8, 4) is 44.5 Å². The molecule has 204 valence electrons. The van der Waals surface area contributed by atoms with Crippen LogP contribution in [0.15, 0.2) is 146 Å². The largest absolute Gasteiger partial charge is 0.365 e. The minimum Gasteiger partial charge on any atom is -0.365 e. The molecule has 0 atom stereocenters. The summed E-state index contributed by atoms with van der Waals surface area (Å²) in [6, 6.07) is 51.4. The van der Waals surface area contributed by atoms with Gasteiger partial charge in [0.15, 0.2) is 0 Å². The molecule has 0 saturated carbocycles. The van der Waals surface area contributed by atoms with E-state index in [9.17, 15) is 0 Å². The molecule has 1 aromatic heterocycles. The first-order chi connectivity index (χ1) is 21.2. The van der Waals surface area contributed by atoms with Crippen molar-refractivity contribution < 1.29 is 0 Å². The maximum absolute atomic E-state index is 3.34. The summed E-state index contributed by atoms with van der Waals surface area (Å²) in [5, 5.41) is 7.62. The quantitative estimate of drug-likeness (QED) is 0.210. The molecular weight excluding hydrogens is 518 g/mol. The third kappa shape index (κ3) is 4.24. The van der Waals surface area contributed by atoms with Gasteiger partial charge < -0.3 is 4.98 Å². The van der Waals surface area contributed by atoms with Gasteiger partial charge in [0, 0.05) is 11.9 Å². The van der Waals surface area contributed by atoms with Crippen LogP contribution in [0.1, 0.15) is 11.3 Å². The summed E-state index contributed by atoms with van der Waals surface area (Å²) in [6.45, 7) is 4.24. The number of nitrogens with one attached hydrogen (secondary N) is 1. The molecular formula is C42H31N. The van der Waals surface area contributed by atoms with Crippen LogP contribution in [0.2, 0.25) is 0 Å². The van der Waals surface area contributed by atoms with Crippen LogP contribution in [0.5, 0.6) is 0 Å². The smallest absolute Gasteiger partial charge is 0.0121 e. The van der Waals surface area contributed by atoms with Crippen LogP contribution in [0.4, 0.5) is 0 Å². The zero-order chi connectivity index (χ0) is 28.9. The van der Waals surface area contributed by atoms with Crippen molar-refractivity contribution in [1.29, 1.82) is 0 Å². The fourth-order valence-corrected chi connectivity index (χ4v) is 6.76. The van der Waals surface area contributed by atoms with Gasteiger partial charge in [-0.05, 0) is 103 Å². The summed E-state index contributed by atoms with van der Waals surface area (Å²) in [5.41, 5.74) is 12.5. The second-order valence-corrected chi connectivity index (χ2v) is 11.6. The Labute approximate surface area is 252 Å². The average molecular weight is 550 g/mol. The highest BCUT2D eigenvalue weighted by atomic mass is 14.7. The Hall–Kier alpha value is -5.40. The van der Waals surface area contributed by atoms with Gasteiger partial charge in [-0.15, -0.1) is 0 Å². The molecule has 1 N–H and O–H groups in total. The van der Waals surface area contributed by atoms with Gasteiger partial charge in [-0.3, -0.25) is 0 Å². The van der Waals surface area contributed by atoms with Gasteiger partial charge >= 0.3 is 0 Å². The summed E-state index contributed by atoms with van der Waals surface area (Å²) < 4.78 is 0. The van der Waals surface area contributed by atoms with Crippen molar-refractivity contribution in [1.82, 2.24) is 4.98 Å². The minimum absolute atomic E-state index is 1.17. The summed E-state index contributed by atoms with van der Waals surface area (Å²) in [6.07, 6.45) is 2.10. The molecule has 8 rings (SSSR count). The molecule has 0 saturated heterocycles. The molecule has 43 heavy (non-hydrogen) atoms. The van der Waals surface area contributed by atoms with Gasteiger partial charge in [0.1, 0.15) is 0 Å². The highest BCUT2D eigenvalue weighted by Crippen LogP contribution is 2.46. The second kappa shape index (κ2) is 10.2. The lowest BCUT2D eigenvalue weighted by atomic mass is 9.83. The predicted molar refractivity (Wildman–Crippen MR) is 185 cm³/mol. The van der Waals surface area contributed by atoms with E-state index >= 15 is 0 Å². The maximum atomic E-state index is 3.34. The third-order valence-electron chi connectivity index (χ3n) is 8.80. The van der Waals surface area contributed by atoms with Crippen molar-refractivity contribution in [3.05, 3.63) is 157 Å². The Kier molecular flexibility index (Phi) is 5.98. The second-order valence-electron chi connectivity index (χ2n) is 11.6. The maximum Gasteiger partial charge on any atom is 0.0121 e. The lowest BCUT2D eigenvalue weighted by molar-refractivity contribution is 1.27. The van der Waals surface area contributed by atoms with E-state index in [0.717, 1.165) is 0 Å². The standard InChI is InChI=1S/C42H31N/c1-27-18-20-29(21-19-27)33-22-23-40(35-13-4-3-12-34(33)35)42-38-16-7-5-14-36(38)41(37-15-6-8-17-39(37)42)31-11-9-10-30(25-31)32-24-28(2)43-26-32/h3-26,43H,1-2H3. The number of hydrogen-bond donors (Lipinski definition) is 1. The van der Waals surface area contributed by atoms with E-state index < -0.39 is 0 Å². The van der Waals surface area contributed by atoms with Crippen molar-refractivity contribution in [2.24, 2.45) is 0 Å². The summed E-state index contributed by atoms with van der Waals surface area (Å²) >= 11 is 0. The van der Waals surface area contributed by atoms with Gasteiger partial charge in [-0.1, -0.05) is 133 Å². The van der Waals surface area contributed by atoms with Crippen LogP contribution >= 0.6 is 0 Å².